The topological polar surface area (TPSA) is 78.5 Å². The molecule has 1 aliphatic heterocycles. The maximum Gasteiger partial charge on any atom is 0.283 e. The molecule has 6 nitrogen and oxygen atoms in total. The first-order chi connectivity index (χ1) is 17.9. The number of nitrogens with one attached hydrogen (secondary N) is 2. The molecule has 0 bridgehead atoms. The lowest BCUT2D eigenvalue weighted by Gasteiger charge is -2.15. The Morgan fingerprint density at radius 2 is 1.54 bits per heavy atom. The van der Waals surface area contributed by atoms with Gasteiger partial charge in [0.2, 0.25) is 0 Å². The zero-order valence-electron chi connectivity index (χ0n) is 19.5. The highest BCUT2D eigenvalue weighted by Crippen LogP contribution is 2.38. The third-order valence-electron chi connectivity index (χ3n) is 5.52. The Balaban J connectivity index is 1.42. The van der Waals surface area contributed by atoms with Crippen molar-refractivity contribution >= 4 is 57.9 Å². The first-order valence-corrected chi connectivity index (χ1v) is 12.9. The molecule has 2 heterocycles. The van der Waals surface area contributed by atoms with Gasteiger partial charge in [-0.2, -0.15) is 0 Å². The normalized spacial score (nSPS) is 13.3. The van der Waals surface area contributed by atoms with E-state index in [0.717, 1.165) is 22.2 Å². The Morgan fingerprint density at radius 3 is 2.19 bits per heavy atom. The molecule has 37 heavy (non-hydrogen) atoms. The molecule has 0 aliphatic carbocycles. The molecule has 5 rings (SSSR count). The standard InChI is InChI=1S/C28H20FN3O3S2/c1-17-4-8-19(9-5-17)30-24-25(28(35)32(27(24)34)21-12-6-18(29)7-13-21)37-22-14-10-20(11-15-22)31-26(33)23-3-2-16-36-23/h2-16,30H,1H3,(H,31,33). The van der Waals surface area contributed by atoms with Gasteiger partial charge in [0, 0.05) is 16.3 Å². The molecular weight excluding hydrogens is 509 g/mol. The fourth-order valence-electron chi connectivity index (χ4n) is 3.65. The summed E-state index contributed by atoms with van der Waals surface area (Å²) in [5, 5.41) is 7.77. The van der Waals surface area contributed by atoms with Crippen LogP contribution in [0.4, 0.5) is 21.5 Å². The van der Waals surface area contributed by atoms with Gasteiger partial charge in [0.25, 0.3) is 17.7 Å². The number of benzene rings is 3. The lowest BCUT2D eigenvalue weighted by molar-refractivity contribution is -0.120. The van der Waals surface area contributed by atoms with Crippen LogP contribution in [-0.4, -0.2) is 17.7 Å². The number of aryl methyl sites for hydroxylation is 1. The van der Waals surface area contributed by atoms with Gasteiger partial charge in [-0.25, -0.2) is 9.29 Å². The van der Waals surface area contributed by atoms with Gasteiger partial charge in [-0.15, -0.1) is 11.3 Å². The minimum Gasteiger partial charge on any atom is -0.350 e. The second-order valence-corrected chi connectivity index (χ2v) is 10.2. The van der Waals surface area contributed by atoms with E-state index < -0.39 is 17.6 Å². The molecule has 2 N–H and O–H groups in total. The number of carbonyl (C=O) groups excluding carboxylic acids is 3. The van der Waals surface area contributed by atoms with E-state index >= 15 is 0 Å². The van der Waals surface area contributed by atoms with Crippen molar-refractivity contribution in [2.75, 3.05) is 15.5 Å². The lowest BCUT2D eigenvalue weighted by atomic mass is 10.2. The van der Waals surface area contributed by atoms with Crippen LogP contribution < -0.4 is 15.5 Å². The van der Waals surface area contributed by atoms with E-state index in [1.165, 1.54) is 35.6 Å². The largest absolute Gasteiger partial charge is 0.350 e. The van der Waals surface area contributed by atoms with Crippen LogP contribution in [0, 0.1) is 12.7 Å². The molecule has 1 aromatic heterocycles. The maximum absolute atomic E-state index is 13.5. The minimum atomic E-state index is -0.528. The van der Waals surface area contributed by atoms with Crippen molar-refractivity contribution in [3.8, 4) is 0 Å². The molecule has 1 aliphatic rings. The zero-order valence-corrected chi connectivity index (χ0v) is 21.2. The summed E-state index contributed by atoms with van der Waals surface area (Å²) < 4.78 is 13.5. The smallest absolute Gasteiger partial charge is 0.283 e. The van der Waals surface area contributed by atoms with E-state index in [4.69, 9.17) is 0 Å². The van der Waals surface area contributed by atoms with Crippen LogP contribution in [0.1, 0.15) is 15.2 Å². The van der Waals surface area contributed by atoms with Crippen LogP contribution in [-0.2, 0) is 9.59 Å². The van der Waals surface area contributed by atoms with Crippen molar-refractivity contribution in [2.24, 2.45) is 0 Å². The average Bonchev–Trinajstić information content (AvgIpc) is 3.51. The van der Waals surface area contributed by atoms with Crippen LogP contribution in [0.2, 0.25) is 0 Å². The molecule has 0 saturated heterocycles. The predicted octanol–water partition coefficient (Wildman–Crippen LogP) is 6.44. The highest BCUT2D eigenvalue weighted by Gasteiger charge is 2.40. The molecule has 0 unspecified atom stereocenters. The Labute approximate surface area is 220 Å². The number of hydrogen-bond acceptors (Lipinski definition) is 6. The van der Waals surface area contributed by atoms with Gasteiger partial charge in [0.15, 0.2) is 0 Å². The van der Waals surface area contributed by atoms with Gasteiger partial charge in [0.05, 0.1) is 10.6 Å². The molecule has 4 aromatic rings. The number of carbonyl (C=O) groups is 3. The first kappa shape index (κ1) is 24.5. The third kappa shape index (κ3) is 5.32. The molecule has 3 amide bonds. The van der Waals surface area contributed by atoms with E-state index in [-0.39, 0.29) is 22.2 Å². The average molecular weight is 530 g/mol. The highest BCUT2D eigenvalue weighted by atomic mass is 32.2. The van der Waals surface area contributed by atoms with Gasteiger partial charge < -0.3 is 10.6 Å². The molecule has 3 aromatic carbocycles. The van der Waals surface area contributed by atoms with Crippen LogP contribution in [0.25, 0.3) is 0 Å². The van der Waals surface area contributed by atoms with Crippen LogP contribution in [0.3, 0.4) is 0 Å². The number of amides is 3. The van der Waals surface area contributed by atoms with Crippen molar-refractivity contribution in [1.29, 1.82) is 0 Å². The van der Waals surface area contributed by atoms with Crippen LogP contribution >= 0.6 is 23.1 Å². The molecule has 0 spiro atoms. The highest BCUT2D eigenvalue weighted by molar-refractivity contribution is 8.04. The van der Waals surface area contributed by atoms with E-state index in [9.17, 15) is 18.8 Å². The molecule has 184 valence electrons. The lowest BCUT2D eigenvalue weighted by Crippen LogP contribution is -2.32. The summed E-state index contributed by atoms with van der Waals surface area (Å²) in [6.07, 6.45) is 0. The minimum absolute atomic E-state index is 0.137. The summed E-state index contributed by atoms with van der Waals surface area (Å²) in [6.45, 7) is 1.96. The summed E-state index contributed by atoms with van der Waals surface area (Å²) in [5.41, 5.74) is 2.74. The van der Waals surface area contributed by atoms with E-state index in [1.807, 2.05) is 42.6 Å². The third-order valence-corrected chi connectivity index (χ3v) is 7.48. The van der Waals surface area contributed by atoms with E-state index in [0.29, 0.717) is 21.1 Å². The predicted molar refractivity (Wildman–Crippen MR) is 145 cm³/mol. The van der Waals surface area contributed by atoms with Gasteiger partial charge in [0.1, 0.15) is 16.4 Å². The van der Waals surface area contributed by atoms with Crippen molar-refractivity contribution in [1.82, 2.24) is 0 Å². The number of anilines is 3. The monoisotopic (exact) mass is 529 g/mol. The Hall–Kier alpha value is -4.21. The summed E-state index contributed by atoms with van der Waals surface area (Å²) in [4.78, 5) is 41.7. The molecule has 0 saturated carbocycles. The van der Waals surface area contributed by atoms with Crippen LogP contribution in [0.5, 0.6) is 0 Å². The van der Waals surface area contributed by atoms with E-state index in [1.54, 1.807) is 30.3 Å². The molecule has 0 atom stereocenters. The fourth-order valence-corrected chi connectivity index (χ4v) is 5.19. The summed E-state index contributed by atoms with van der Waals surface area (Å²) >= 11 is 2.49. The van der Waals surface area contributed by atoms with Gasteiger partial charge >= 0.3 is 0 Å². The van der Waals surface area contributed by atoms with E-state index in [2.05, 4.69) is 10.6 Å². The Bertz CT molecular complexity index is 1500. The molecular formula is C28H20FN3O3S2. The molecule has 0 fully saturated rings. The number of rotatable bonds is 7. The number of imide groups is 1. The Kier molecular flexibility index (Phi) is 6.89. The first-order valence-electron chi connectivity index (χ1n) is 11.2. The fraction of sp³-hybridized carbons (Fsp3) is 0.0357. The van der Waals surface area contributed by atoms with Crippen molar-refractivity contribution in [2.45, 2.75) is 11.8 Å². The number of nitrogens with zero attached hydrogens (tertiary/aromatic N) is 1. The Morgan fingerprint density at radius 1 is 0.865 bits per heavy atom. The SMILES string of the molecule is Cc1ccc(NC2=C(Sc3ccc(NC(=O)c4cccs4)cc3)C(=O)N(c3ccc(F)cc3)C2=O)cc1. The van der Waals surface area contributed by atoms with Crippen molar-refractivity contribution < 1.29 is 18.8 Å². The number of hydrogen-bond donors (Lipinski definition) is 2. The summed E-state index contributed by atoms with van der Waals surface area (Å²) in [5.74, 6) is -1.70. The van der Waals surface area contributed by atoms with Crippen molar-refractivity contribution in [3.05, 3.63) is 117 Å². The van der Waals surface area contributed by atoms with Gasteiger partial charge in [-0.1, -0.05) is 35.5 Å². The van der Waals surface area contributed by atoms with Crippen molar-refractivity contribution in [3.63, 3.8) is 0 Å². The summed E-state index contributed by atoms with van der Waals surface area (Å²) in [7, 11) is 0. The second kappa shape index (κ2) is 10.4. The molecule has 0 radical (unpaired) electrons. The van der Waals surface area contributed by atoms with Crippen LogP contribution in [0.15, 0.2) is 106 Å². The molecule has 9 heteroatoms. The summed E-state index contributed by atoms with van der Waals surface area (Å²) in [6, 6.07) is 23.2. The van der Waals surface area contributed by atoms with Gasteiger partial charge in [-0.05, 0) is 79.0 Å². The number of halogens is 1. The van der Waals surface area contributed by atoms with Gasteiger partial charge in [-0.3, -0.25) is 14.4 Å². The maximum atomic E-state index is 13.5. The zero-order chi connectivity index (χ0) is 25.9. The number of thioether (sulfide) groups is 1. The quantitative estimate of drug-likeness (QED) is 0.270. The number of thiophene rings is 1. The second-order valence-electron chi connectivity index (χ2n) is 8.18.